The van der Waals surface area contributed by atoms with E-state index in [9.17, 15) is 28.8 Å². The largest absolute Gasteiger partial charge is 0.457 e. The van der Waals surface area contributed by atoms with E-state index in [1.807, 2.05) is 0 Å². The van der Waals surface area contributed by atoms with Crippen molar-refractivity contribution in [3.05, 3.63) is 75.9 Å². The molecule has 464 valence electrons. The molecule has 77 heavy (non-hydrogen) atoms. The molecule has 6 unspecified atom stereocenters. The molecule has 0 heterocycles. The van der Waals surface area contributed by atoms with Crippen molar-refractivity contribution in [1.29, 1.82) is 0 Å². The lowest BCUT2D eigenvalue weighted by Crippen LogP contribution is -2.47. The van der Waals surface area contributed by atoms with E-state index in [0.717, 1.165) is 36.5 Å². The highest BCUT2D eigenvalue weighted by molar-refractivity contribution is 5.83. The quantitative estimate of drug-likeness (QED) is 0.0316. The maximum Gasteiger partial charge on any atom is 0.330 e. The third-order valence-electron chi connectivity index (χ3n) is 8.29. The molecule has 0 radical (unpaired) electrons. The Morgan fingerprint density at radius 3 is 0.506 bits per heavy atom. The first-order valence-electron chi connectivity index (χ1n) is 20.8. The zero-order valence-corrected chi connectivity index (χ0v) is 38.8. The Labute approximate surface area is 471 Å². The van der Waals surface area contributed by atoms with Crippen LogP contribution in [-0.4, -0.2) is 165 Å². The fraction of sp³-hybridized carbons (Fsp3) is 0.690. The van der Waals surface area contributed by atoms with Crippen LogP contribution < -0.4 is 0 Å². The number of ether oxygens (including phenoxy) is 13. The van der Waals surface area contributed by atoms with E-state index >= 15 is 0 Å². The van der Waals surface area contributed by atoms with Crippen molar-refractivity contribution < 1.29 is 90.3 Å². The SMILES string of the molecule is C.C.C.C.C.C.C.C.C.C.C.C.C=CC(=O)OC(C)COCC(COCC(C)OC(=O)C=C)(COCC(C)OC(=O)C=C)COCC(COCC(C)OC(=O)C=C)(COCC(C)OC(=O)C=C)COCC(C)OC(=O)C=C. The predicted octanol–water partition coefficient (Wildman–Crippen LogP) is 11.4. The lowest BCUT2D eigenvalue weighted by atomic mass is 9.90. The lowest BCUT2D eigenvalue weighted by molar-refractivity contribution is -0.167. The number of esters is 6. The molecule has 0 fully saturated rings. The monoisotopic (exact) mass is 1120 g/mol. The molecule has 0 aromatic carbocycles. The summed E-state index contributed by atoms with van der Waals surface area (Å²) in [5.41, 5.74) is -2.32. The molecule has 6 atom stereocenters. The molecule has 0 rings (SSSR count). The van der Waals surface area contributed by atoms with E-state index in [0.29, 0.717) is 0 Å². The van der Waals surface area contributed by atoms with Crippen LogP contribution in [0.1, 0.15) is 131 Å². The van der Waals surface area contributed by atoms with Gasteiger partial charge in [-0.25, -0.2) is 28.8 Å². The summed E-state index contributed by atoms with van der Waals surface area (Å²) >= 11 is 0. The topological polar surface area (TPSA) is 222 Å². The molecule has 0 N–H and O–H groups in total. The van der Waals surface area contributed by atoms with Crippen LogP contribution in [0.4, 0.5) is 0 Å². The van der Waals surface area contributed by atoms with E-state index in [-0.39, 0.29) is 182 Å². The molecular formula is C58H118O19. The van der Waals surface area contributed by atoms with Crippen molar-refractivity contribution >= 4 is 35.8 Å². The Kier molecular flexibility index (Phi) is 81.5. The van der Waals surface area contributed by atoms with Gasteiger partial charge in [0, 0.05) is 36.5 Å². The Bertz CT molecular complexity index is 1250. The summed E-state index contributed by atoms with van der Waals surface area (Å²) < 4.78 is 74.8. The van der Waals surface area contributed by atoms with Crippen LogP contribution in [0.15, 0.2) is 75.9 Å². The molecule has 0 saturated carbocycles. The van der Waals surface area contributed by atoms with Gasteiger partial charge < -0.3 is 61.6 Å². The molecule has 0 spiro atoms. The van der Waals surface area contributed by atoms with Gasteiger partial charge in [-0.1, -0.05) is 129 Å². The van der Waals surface area contributed by atoms with Crippen LogP contribution in [0.2, 0.25) is 0 Å². The molecule has 0 bridgehead atoms. The van der Waals surface area contributed by atoms with Crippen LogP contribution in [-0.2, 0) is 90.3 Å². The maximum atomic E-state index is 11.9. The number of carbonyl (C=O) groups is 6. The summed E-state index contributed by atoms with van der Waals surface area (Å²) in [6.07, 6.45) is 2.02. The van der Waals surface area contributed by atoms with Crippen molar-refractivity contribution in [2.45, 2.75) is 167 Å². The Morgan fingerprint density at radius 2 is 0.390 bits per heavy atom. The fourth-order valence-electron chi connectivity index (χ4n) is 5.31. The van der Waals surface area contributed by atoms with E-state index in [4.69, 9.17) is 61.6 Å². The summed E-state index contributed by atoms with van der Waals surface area (Å²) in [4.78, 5) is 71.4. The number of rotatable bonds is 40. The van der Waals surface area contributed by atoms with Gasteiger partial charge in [0.05, 0.1) is 103 Å². The third kappa shape index (κ3) is 51.5. The third-order valence-corrected chi connectivity index (χ3v) is 8.29. The minimum Gasteiger partial charge on any atom is -0.457 e. The van der Waals surface area contributed by atoms with Crippen molar-refractivity contribution in [3.63, 3.8) is 0 Å². The summed E-state index contributed by atoms with van der Waals surface area (Å²) in [6.45, 7) is 29.0. The van der Waals surface area contributed by atoms with E-state index in [1.165, 1.54) is 0 Å². The minimum absolute atomic E-state index is 0. The second kappa shape index (κ2) is 60.2. The van der Waals surface area contributed by atoms with Gasteiger partial charge in [-0.3, -0.25) is 0 Å². The van der Waals surface area contributed by atoms with Crippen molar-refractivity contribution in [2.24, 2.45) is 10.8 Å². The van der Waals surface area contributed by atoms with E-state index in [1.54, 1.807) is 41.5 Å². The number of carbonyl (C=O) groups excluding carboxylic acids is 6. The lowest BCUT2D eigenvalue weighted by Gasteiger charge is -2.37. The highest BCUT2D eigenvalue weighted by Crippen LogP contribution is 2.27. The van der Waals surface area contributed by atoms with Gasteiger partial charge in [0.1, 0.15) is 36.6 Å². The fourth-order valence-corrected chi connectivity index (χ4v) is 5.31. The standard InChI is InChI=1S/C46H70O19.12CH4/c1-13-39(47)60-33(7)19-53-25-45(26-54-20-34(8)61-40(48)14-2,27-55-21-35(9)62-41(49)15-3)31-59-32-46(28-56-22-36(10)63-42(50)16-4,29-57-23-37(11)64-43(51)17-5)30-58-24-38(12)65-44(52)18-6;;;;;;;;;;;;/h13-18,33-38H,1-6,19-32H2,7-12H3;12*1H4. The molecule has 0 aliphatic carbocycles. The second-order valence-electron chi connectivity index (χ2n) is 15.3. The molecular weight excluding hydrogens is 1000 g/mol. The normalized spacial score (nSPS) is 13.2. The predicted molar refractivity (Wildman–Crippen MR) is 316 cm³/mol. The van der Waals surface area contributed by atoms with Gasteiger partial charge >= 0.3 is 35.8 Å². The first kappa shape index (κ1) is 104. The molecule has 0 aromatic rings. The maximum absolute atomic E-state index is 11.9. The Hall–Kier alpha value is -5.02. The molecule has 0 aromatic heterocycles. The van der Waals surface area contributed by atoms with Crippen LogP contribution >= 0.6 is 0 Å². The van der Waals surface area contributed by atoms with Crippen molar-refractivity contribution in [1.82, 2.24) is 0 Å². The zero-order valence-electron chi connectivity index (χ0n) is 38.8. The average molecular weight is 1120 g/mol. The summed E-state index contributed by atoms with van der Waals surface area (Å²) in [5.74, 6) is -3.88. The number of hydrogen-bond donors (Lipinski definition) is 0. The number of hydrogen-bond acceptors (Lipinski definition) is 19. The first-order chi connectivity index (χ1) is 30.8. The molecule has 19 heteroatoms. The van der Waals surface area contributed by atoms with Gasteiger partial charge in [0.2, 0.25) is 0 Å². The van der Waals surface area contributed by atoms with Crippen molar-refractivity contribution in [2.75, 3.05) is 92.5 Å². The summed E-state index contributed by atoms with van der Waals surface area (Å²) in [7, 11) is 0. The molecule has 0 aliphatic rings. The van der Waals surface area contributed by atoms with Gasteiger partial charge in [0.25, 0.3) is 0 Å². The zero-order chi connectivity index (χ0) is 49.3. The van der Waals surface area contributed by atoms with E-state index < -0.39 is 83.3 Å². The van der Waals surface area contributed by atoms with Gasteiger partial charge in [-0.15, -0.1) is 0 Å². The summed E-state index contributed by atoms with van der Waals surface area (Å²) in [6, 6.07) is 0. The average Bonchev–Trinajstić information content (AvgIpc) is 3.25. The molecule has 19 nitrogen and oxygen atoms in total. The van der Waals surface area contributed by atoms with Crippen molar-refractivity contribution in [3.8, 4) is 0 Å². The molecule has 0 saturated heterocycles. The van der Waals surface area contributed by atoms with Gasteiger partial charge in [-0.05, 0) is 41.5 Å². The van der Waals surface area contributed by atoms with Gasteiger partial charge in [0.15, 0.2) is 0 Å². The highest BCUT2D eigenvalue weighted by Gasteiger charge is 2.38. The van der Waals surface area contributed by atoms with Crippen LogP contribution in [0.5, 0.6) is 0 Å². The van der Waals surface area contributed by atoms with Crippen LogP contribution in [0, 0.1) is 10.8 Å². The van der Waals surface area contributed by atoms with Crippen LogP contribution in [0.25, 0.3) is 0 Å². The minimum atomic E-state index is -1.16. The van der Waals surface area contributed by atoms with Gasteiger partial charge in [-0.2, -0.15) is 0 Å². The second-order valence-corrected chi connectivity index (χ2v) is 15.3. The first-order valence-corrected chi connectivity index (χ1v) is 20.8. The molecule has 0 amide bonds. The Balaban J connectivity index is -0.000000310. The highest BCUT2D eigenvalue weighted by atomic mass is 16.6. The van der Waals surface area contributed by atoms with E-state index in [2.05, 4.69) is 39.5 Å². The molecule has 0 aliphatic heterocycles. The Morgan fingerprint density at radius 1 is 0.273 bits per heavy atom. The summed E-state index contributed by atoms with van der Waals surface area (Å²) in [5, 5.41) is 0. The van der Waals surface area contributed by atoms with Crippen LogP contribution in [0.3, 0.4) is 0 Å². The smallest absolute Gasteiger partial charge is 0.330 e.